The zero-order valence-corrected chi connectivity index (χ0v) is 13.9. The van der Waals surface area contributed by atoms with Crippen molar-refractivity contribution in [2.45, 2.75) is 63.6 Å². The summed E-state index contributed by atoms with van der Waals surface area (Å²) in [4.78, 5) is 11.0. The summed E-state index contributed by atoms with van der Waals surface area (Å²) in [5, 5.41) is 13.0. The molecule has 6 nitrogen and oxygen atoms in total. The summed E-state index contributed by atoms with van der Waals surface area (Å²) >= 11 is 0. The van der Waals surface area contributed by atoms with Crippen molar-refractivity contribution in [2.24, 2.45) is 0 Å². The van der Waals surface area contributed by atoms with Gasteiger partial charge >= 0.3 is 0 Å². The molecule has 23 heavy (non-hydrogen) atoms. The van der Waals surface area contributed by atoms with Gasteiger partial charge in [0.25, 0.3) is 0 Å². The fourth-order valence-corrected chi connectivity index (χ4v) is 3.61. The fourth-order valence-electron chi connectivity index (χ4n) is 3.61. The van der Waals surface area contributed by atoms with Crippen LogP contribution < -0.4 is 10.2 Å². The molecular weight excluding hydrogens is 292 g/mol. The molecule has 0 aromatic carbocycles. The molecule has 128 valence electrons. The van der Waals surface area contributed by atoms with Crippen LogP contribution in [0.2, 0.25) is 0 Å². The Balaban J connectivity index is 1.62. The normalized spacial score (nSPS) is 26.3. The van der Waals surface area contributed by atoms with E-state index in [1.807, 2.05) is 6.07 Å². The van der Waals surface area contributed by atoms with Crippen LogP contribution in [0, 0.1) is 0 Å². The summed E-state index contributed by atoms with van der Waals surface area (Å²) in [7, 11) is 0. The van der Waals surface area contributed by atoms with E-state index in [1.165, 1.54) is 12.8 Å². The number of ether oxygens (including phenoxy) is 1. The first-order valence-corrected chi connectivity index (χ1v) is 8.84. The molecular formula is C17H28N4O2. The molecule has 2 aliphatic heterocycles. The minimum atomic E-state index is 0.177. The Morgan fingerprint density at radius 3 is 3.04 bits per heavy atom. The summed E-state index contributed by atoms with van der Waals surface area (Å²) in [6.45, 7) is 4.20. The number of hydrogen-bond donors (Lipinski definition) is 2. The van der Waals surface area contributed by atoms with E-state index in [-0.39, 0.29) is 12.6 Å². The SMILES string of the molecule is CC(CC1CCCO1)Nc1cc(N2CCCCC2CO)ncn1. The van der Waals surface area contributed by atoms with Crippen molar-refractivity contribution in [3.05, 3.63) is 12.4 Å². The van der Waals surface area contributed by atoms with Gasteiger partial charge in [0.15, 0.2) is 0 Å². The van der Waals surface area contributed by atoms with Gasteiger partial charge in [-0.25, -0.2) is 9.97 Å². The van der Waals surface area contributed by atoms with Gasteiger partial charge in [-0.1, -0.05) is 0 Å². The largest absolute Gasteiger partial charge is 0.394 e. The Morgan fingerprint density at radius 1 is 1.35 bits per heavy atom. The second-order valence-corrected chi connectivity index (χ2v) is 6.70. The molecule has 1 aromatic rings. The molecule has 0 bridgehead atoms. The molecule has 3 unspecified atom stereocenters. The molecule has 2 aliphatic rings. The second kappa shape index (κ2) is 7.93. The maximum Gasteiger partial charge on any atom is 0.134 e. The van der Waals surface area contributed by atoms with Crippen molar-refractivity contribution in [3.8, 4) is 0 Å². The van der Waals surface area contributed by atoms with Crippen LogP contribution in [0.4, 0.5) is 11.6 Å². The van der Waals surface area contributed by atoms with Crippen LogP contribution in [0.15, 0.2) is 12.4 Å². The fraction of sp³-hybridized carbons (Fsp3) is 0.765. The van der Waals surface area contributed by atoms with Crippen LogP contribution in [0.1, 0.15) is 45.4 Å². The first-order chi connectivity index (χ1) is 11.3. The maximum absolute atomic E-state index is 9.58. The van der Waals surface area contributed by atoms with Gasteiger partial charge in [-0.15, -0.1) is 0 Å². The molecule has 0 saturated carbocycles. The molecule has 0 spiro atoms. The maximum atomic E-state index is 9.58. The van der Waals surface area contributed by atoms with E-state index in [0.717, 1.165) is 50.5 Å². The second-order valence-electron chi connectivity index (χ2n) is 6.70. The number of aromatic nitrogens is 2. The lowest BCUT2D eigenvalue weighted by Gasteiger charge is -2.35. The van der Waals surface area contributed by atoms with Crippen LogP contribution in [0.5, 0.6) is 0 Å². The zero-order chi connectivity index (χ0) is 16.1. The number of rotatable bonds is 6. The highest BCUT2D eigenvalue weighted by atomic mass is 16.5. The minimum Gasteiger partial charge on any atom is -0.394 e. The number of nitrogens with one attached hydrogen (secondary N) is 1. The van der Waals surface area contributed by atoms with Gasteiger partial charge in [0.2, 0.25) is 0 Å². The van der Waals surface area contributed by atoms with Gasteiger partial charge in [-0.05, 0) is 45.4 Å². The lowest BCUT2D eigenvalue weighted by molar-refractivity contribution is 0.101. The van der Waals surface area contributed by atoms with Crippen molar-refractivity contribution in [3.63, 3.8) is 0 Å². The molecule has 2 fully saturated rings. The van der Waals surface area contributed by atoms with E-state index in [4.69, 9.17) is 4.74 Å². The monoisotopic (exact) mass is 320 g/mol. The van der Waals surface area contributed by atoms with Crippen molar-refractivity contribution >= 4 is 11.6 Å². The summed E-state index contributed by atoms with van der Waals surface area (Å²) in [6, 6.07) is 2.49. The summed E-state index contributed by atoms with van der Waals surface area (Å²) in [6.07, 6.45) is 8.68. The molecule has 0 radical (unpaired) electrons. The van der Waals surface area contributed by atoms with Crippen molar-refractivity contribution in [2.75, 3.05) is 30.0 Å². The van der Waals surface area contributed by atoms with Crippen LogP contribution >= 0.6 is 0 Å². The first kappa shape index (κ1) is 16.5. The van der Waals surface area contributed by atoms with Crippen molar-refractivity contribution in [1.82, 2.24) is 9.97 Å². The highest BCUT2D eigenvalue weighted by molar-refractivity contribution is 5.49. The van der Waals surface area contributed by atoms with E-state index in [1.54, 1.807) is 6.33 Å². The van der Waals surface area contributed by atoms with Crippen LogP contribution in [0.25, 0.3) is 0 Å². The Kier molecular flexibility index (Phi) is 5.67. The molecule has 3 rings (SSSR count). The molecule has 3 atom stereocenters. The van der Waals surface area contributed by atoms with Gasteiger partial charge in [0.05, 0.1) is 18.8 Å². The van der Waals surface area contributed by atoms with Crippen LogP contribution in [-0.4, -0.2) is 53.0 Å². The quantitative estimate of drug-likeness (QED) is 0.837. The minimum absolute atomic E-state index is 0.177. The van der Waals surface area contributed by atoms with Gasteiger partial charge in [-0.2, -0.15) is 0 Å². The van der Waals surface area contributed by atoms with Crippen LogP contribution in [0.3, 0.4) is 0 Å². The van der Waals surface area contributed by atoms with E-state index < -0.39 is 0 Å². The smallest absolute Gasteiger partial charge is 0.134 e. The predicted molar refractivity (Wildman–Crippen MR) is 90.8 cm³/mol. The van der Waals surface area contributed by atoms with Gasteiger partial charge in [0, 0.05) is 25.3 Å². The predicted octanol–water partition coefficient (Wildman–Crippen LogP) is 2.20. The lowest BCUT2D eigenvalue weighted by Crippen LogP contribution is -2.42. The van der Waals surface area contributed by atoms with E-state index in [0.29, 0.717) is 12.1 Å². The number of aliphatic hydroxyl groups excluding tert-OH is 1. The van der Waals surface area contributed by atoms with E-state index in [2.05, 4.69) is 27.1 Å². The number of nitrogens with zero attached hydrogens (tertiary/aromatic N) is 3. The third-order valence-electron chi connectivity index (χ3n) is 4.82. The Bertz CT molecular complexity index is 493. The van der Waals surface area contributed by atoms with Crippen LogP contribution in [-0.2, 0) is 4.74 Å². The van der Waals surface area contributed by atoms with E-state index in [9.17, 15) is 5.11 Å². The Labute approximate surface area is 138 Å². The van der Waals surface area contributed by atoms with Gasteiger partial charge < -0.3 is 20.1 Å². The van der Waals surface area contributed by atoms with Crippen molar-refractivity contribution in [1.29, 1.82) is 0 Å². The molecule has 1 aromatic heterocycles. The Hall–Kier alpha value is -1.40. The summed E-state index contributed by atoms with van der Waals surface area (Å²) in [5.74, 6) is 1.76. The average molecular weight is 320 g/mol. The molecule has 0 amide bonds. The third kappa shape index (κ3) is 4.32. The third-order valence-corrected chi connectivity index (χ3v) is 4.82. The average Bonchev–Trinajstić information content (AvgIpc) is 3.07. The zero-order valence-electron chi connectivity index (χ0n) is 13.9. The Morgan fingerprint density at radius 2 is 2.26 bits per heavy atom. The highest BCUT2D eigenvalue weighted by Gasteiger charge is 2.23. The molecule has 6 heteroatoms. The standard InChI is InChI=1S/C17H28N4O2/c1-13(9-15-6-4-8-23-15)20-16-10-17(19-12-18-16)21-7-3-2-5-14(21)11-22/h10,12-15,22H,2-9,11H2,1H3,(H,18,19,20). The number of aliphatic hydroxyl groups is 1. The van der Waals surface area contributed by atoms with Gasteiger partial charge in [0.1, 0.15) is 18.0 Å². The molecule has 2 N–H and O–H groups in total. The molecule has 3 heterocycles. The highest BCUT2D eigenvalue weighted by Crippen LogP contribution is 2.25. The number of piperidine rings is 1. The number of hydrogen-bond acceptors (Lipinski definition) is 6. The molecule has 0 aliphatic carbocycles. The van der Waals surface area contributed by atoms with Gasteiger partial charge in [-0.3, -0.25) is 0 Å². The number of anilines is 2. The molecule has 2 saturated heterocycles. The summed E-state index contributed by atoms with van der Waals surface area (Å²) in [5.41, 5.74) is 0. The first-order valence-electron chi connectivity index (χ1n) is 8.84. The summed E-state index contributed by atoms with van der Waals surface area (Å²) < 4.78 is 5.70. The topological polar surface area (TPSA) is 70.5 Å². The van der Waals surface area contributed by atoms with E-state index >= 15 is 0 Å². The lowest BCUT2D eigenvalue weighted by atomic mass is 10.0. The van der Waals surface area contributed by atoms with Crippen molar-refractivity contribution < 1.29 is 9.84 Å².